The van der Waals surface area contributed by atoms with Crippen molar-refractivity contribution in [3.63, 3.8) is 0 Å². The summed E-state index contributed by atoms with van der Waals surface area (Å²) in [6.07, 6.45) is 12.3. The standard InChI is InChI=1S/C27H38N4O4.C8H17N.C4H10/c1-18(2)24(30(4)25(33)16-28-17-32)15-19(3)27(35)31-14-8-13-23(31)26(34)29-22-12-7-10-20-9-5-6-11-21(20)22;1-8(2)9-6-4-3-5-7-9;1-4(2)3/h7,10,12,15,17-18,23-24H,5-6,8-9,11,13-14,16H2,1-4H3,(H,28,32)(H,29,34);8H,3-7H2,1-2H3;4H,1-3H3/b19-15+;;/t23-,24+;;/m0../s1. The van der Waals surface area contributed by atoms with E-state index in [0.29, 0.717) is 24.9 Å². The molecule has 9 heteroatoms. The minimum atomic E-state index is -0.515. The average molecular weight is 668 g/mol. The highest BCUT2D eigenvalue weighted by Gasteiger charge is 2.35. The fraction of sp³-hybridized carbons (Fsp3) is 0.692. The highest BCUT2D eigenvalue weighted by molar-refractivity contribution is 6.01. The molecule has 2 N–H and O–H groups in total. The van der Waals surface area contributed by atoms with Gasteiger partial charge in [0, 0.05) is 30.9 Å². The summed E-state index contributed by atoms with van der Waals surface area (Å²) in [5, 5.41) is 5.50. The van der Waals surface area contributed by atoms with Gasteiger partial charge in [-0.1, -0.05) is 59.2 Å². The van der Waals surface area contributed by atoms with Crippen LogP contribution in [0.2, 0.25) is 0 Å². The maximum Gasteiger partial charge on any atom is 0.249 e. The van der Waals surface area contributed by atoms with Gasteiger partial charge in [-0.15, -0.1) is 0 Å². The number of hydrogen-bond donors (Lipinski definition) is 2. The van der Waals surface area contributed by atoms with Gasteiger partial charge in [0.05, 0.1) is 12.6 Å². The zero-order valence-corrected chi connectivity index (χ0v) is 31.4. The van der Waals surface area contributed by atoms with Crippen LogP contribution in [0.15, 0.2) is 29.8 Å². The van der Waals surface area contributed by atoms with Crippen LogP contribution >= 0.6 is 0 Å². The predicted octanol–water partition coefficient (Wildman–Crippen LogP) is 6.21. The van der Waals surface area contributed by atoms with Crippen molar-refractivity contribution in [2.75, 3.05) is 38.5 Å². The molecule has 2 aliphatic heterocycles. The average Bonchev–Trinajstić information content (AvgIpc) is 3.56. The third-order valence-corrected chi connectivity index (χ3v) is 9.21. The number of hydrogen-bond acceptors (Lipinski definition) is 5. The van der Waals surface area contributed by atoms with Gasteiger partial charge in [-0.3, -0.25) is 19.2 Å². The first-order chi connectivity index (χ1) is 22.8. The van der Waals surface area contributed by atoms with Crippen molar-refractivity contribution in [2.24, 2.45) is 11.8 Å². The van der Waals surface area contributed by atoms with E-state index in [-0.39, 0.29) is 36.2 Å². The van der Waals surface area contributed by atoms with Crippen LogP contribution in [0.3, 0.4) is 0 Å². The van der Waals surface area contributed by atoms with Gasteiger partial charge in [0.25, 0.3) is 0 Å². The smallest absolute Gasteiger partial charge is 0.249 e. The molecule has 2 saturated heterocycles. The first kappa shape index (κ1) is 41.0. The summed E-state index contributed by atoms with van der Waals surface area (Å²) in [6.45, 7) is 19.8. The largest absolute Gasteiger partial charge is 0.350 e. The van der Waals surface area contributed by atoms with Crippen LogP contribution in [0.5, 0.6) is 0 Å². The van der Waals surface area contributed by atoms with E-state index < -0.39 is 6.04 Å². The van der Waals surface area contributed by atoms with Gasteiger partial charge in [-0.05, 0) is 114 Å². The highest BCUT2D eigenvalue weighted by atomic mass is 16.2. The lowest BCUT2D eigenvalue weighted by atomic mass is 9.90. The van der Waals surface area contributed by atoms with Crippen LogP contribution in [0, 0.1) is 11.8 Å². The highest BCUT2D eigenvalue weighted by Crippen LogP contribution is 2.29. The Morgan fingerprint density at radius 2 is 1.56 bits per heavy atom. The van der Waals surface area contributed by atoms with Crippen molar-refractivity contribution < 1.29 is 19.2 Å². The number of likely N-dealkylation sites (N-methyl/N-ethyl adjacent to an activating group) is 1. The van der Waals surface area contributed by atoms with Crippen molar-refractivity contribution in [1.29, 1.82) is 0 Å². The Kier molecular flexibility index (Phi) is 17.9. The number of aryl methyl sites for hydroxylation is 1. The molecule has 0 bridgehead atoms. The van der Waals surface area contributed by atoms with Gasteiger partial charge in [-0.25, -0.2) is 0 Å². The Morgan fingerprint density at radius 1 is 0.917 bits per heavy atom. The summed E-state index contributed by atoms with van der Waals surface area (Å²) in [4.78, 5) is 55.3. The lowest BCUT2D eigenvalue weighted by Gasteiger charge is -2.30. The second kappa shape index (κ2) is 21.0. The van der Waals surface area contributed by atoms with E-state index in [2.05, 4.69) is 56.2 Å². The van der Waals surface area contributed by atoms with Crippen LogP contribution in [0.1, 0.15) is 111 Å². The van der Waals surface area contributed by atoms with Crippen molar-refractivity contribution in [3.8, 4) is 0 Å². The second-order valence-corrected chi connectivity index (χ2v) is 14.8. The van der Waals surface area contributed by atoms with E-state index in [1.54, 1.807) is 29.8 Å². The number of piperidine rings is 1. The Balaban J connectivity index is 0.000000514. The number of fused-ring (bicyclic) bond motifs is 1. The fourth-order valence-corrected chi connectivity index (χ4v) is 6.56. The summed E-state index contributed by atoms with van der Waals surface area (Å²) in [7, 11) is 1.67. The van der Waals surface area contributed by atoms with Gasteiger partial charge in [0.1, 0.15) is 6.04 Å². The number of rotatable bonds is 10. The molecule has 1 aromatic carbocycles. The Hall–Kier alpha value is -3.20. The van der Waals surface area contributed by atoms with Crippen molar-refractivity contribution in [1.82, 2.24) is 20.0 Å². The lowest BCUT2D eigenvalue weighted by molar-refractivity contribution is -0.133. The maximum atomic E-state index is 13.4. The van der Waals surface area contributed by atoms with Gasteiger partial charge < -0.3 is 25.3 Å². The monoisotopic (exact) mass is 668 g/mol. The van der Waals surface area contributed by atoms with Crippen molar-refractivity contribution in [2.45, 2.75) is 131 Å². The van der Waals surface area contributed by atoms with E-state index in [4.69, 9.17) is 0 Å². The molecule has 0 spiro atoms. The quantitative estimate of drug-likeness (QED) is 0.228. The first-order valence-electron chi connectivity index (χ1n) is 18.4. The number of anilines is 1. The molecule has 1 aliphatic carbocycles. The van der Waals surface area contributed by atoms with Crippen LogP contribution in [0.4, 0.5) is 5.69 Å². The third-order valence-electron chi connectivity index (χ3n) is 9.21. The summed E-state index contributed by atoms with van der Waals surface area (Å²) in [5.74, 6) is 0.326. The molecule has 4 amide bonds. The SMILES string of the molecule is C/C(=C\[C@H](C(C)C)N(C)C(=O)CNC=O)C(=O)N1CCC[C@H]1C(=O)Nc1cccc2c1CCCC2.CC(C)C.CC(C)N1CCCCC1. The van der Waals surface area contributed by atoms with Gasteiger partial charge in [-0.2, -0.15) is 0 Å². The van der Waals surface area contributed by atoms with Gasteiger partial charge >= 0.3 is 0 Å². The molecule has 2 fully saturated rings. The van der Waals surface area contributed by atoms with Gasteiger partial charge in [0.15, 0.2) is 0 Å². The fourth-order valence-electron chi connectivity index (χ4n) is 6.56. The number of benzene rings is 1. The molecule has 0 unspecified atom stereocenters. The van der Waals surface area contributed by atoms with Crippen LogP contribution in [-0.4, -0.2) is 90.2 Å². The Bertz CT molecular complexity index is 1200. The molecule has 0 saturated carbocycles. The number of carbonyl (C=O) groups is 4. The molecular weight excluding hydrogens is 602 g/mol. The number of nitrogens with zero attached hydrogens (tertiary/aromatic N) is 3. The summed E-state index contributed by atoms with van der Waals surface area (Å²) in [5.41, 5.74) is 3.88. The molecule has 3 aliphatic rings. The van der Waals surface area contributed by atoms with E-state index in [1.165, 1.54) is 49.9 Å². The Labute approximate surface area is 291 Å². The molecule has 1 aromatic rings. The molecular formula is C39H65N5O4. The zero-order chi connectivity index (χ0) is 35.8. The van der Waals surface area contributed by atoms with E-state index >= 15 is 0 Å². The summed E-state index contributed by atoms with van der Waals surface area (Å²) < 4.78 is 0. The molecule has 9 nitrogen and oxygen atoms in total. The lowest BCUT2D eigenvalue weighted by Crippen LogP contribution is -2.45. The second-order valence-electron chi connectivity index (χ2n) is 14.8. The van der Waals surface area contributed by atoms with E-state index in [1.807, 2.05) is 26.0 Å². The molecule has 270 valence electrons. The number of nitrogens with one attached hydrogen (secondary N) is 2. The third kappa shape index (κ3) is 13.0. The molecule has 2 heterocycles. The number of amides is 4. The molecule has 2 atom stereocenters. The molecule has 48 heavy (non-hydrogen) atoms. The minimum absolute atomic E-state index is 0.0601. The van der Waals surface area contributed by atoms with Crippen molar-refractivity contribution in [3.05, 3.63) is 41.0 Å². The first-order valence-corrected chi connectivity index (χ1v) is 18.4. The molecule has 0 aromatic heterocycles. The predicted molar refractivity (Wildman–Crippen MR) is 197 cm³/mol. The minimum Gasteiger partial charge on any atom is -0.350 e. The zero-order valence-electron chi connectivity index (χ0n) is 31.4. The van der Waals surface area contributed by atoms with E-state index in [0.717, 1.165) is 43.3 Å². The topological polar surface area (TPSA) is 102 Å². The van der Waals surface area contributed by atoms with Crippen LogP contribution < -0.4 is 10.6 Å². The number of likely N-dealkylation sites (tertiary alicyclic amines) is 2. The summed E-state index contributed by atoms with van der Waals surface area (Å²) >= 11 is 0. The Morgan fingerprint density at radius 3 is 2.15 bits per heavy atom. The normalized spacial score (nSPS) is 18.6. The number of carbonyl (C=O) groups excluding carboxylic acids is 4. The van der Waals surface area contributed by atoms with Crippen molar-refractivity contribution >= 4 is 29.8 Å². The van der Waals surface area contributed by atoms with Gasteiger partial charge in [0.2, 0.25) is 24.1 Å². The summed E-state index contributed by atoms with van der Waals surface area (Å²) in [6, 6.07) is 6.01. The van der Waals surface area contributed by atoms with Crippen LogP contribution in [0.25, 0.3) is 0 Å². The molecule has 0 radical (unpaired) electrons. The molecule has 4 rings (SSSR count). The van der Waals surface area contributed by atoms with E-state index in [9.17, 15) is 19.2 Å². The van der Waals surface area contributed by atoms with Crippen LogP contribution in [-0.2, 0) is 32.0 Å². The maximum absolute atomic E-state index is 13.4.